The van der Waals surface area contributed by atoms with Crippen molar-refractivity contribution in [2.75, 3.05) is 45.2 Å². The molecule has 0 bridgehead atoms. The highest BCUT2D eigenvalue weighted by atomic mass is 32.1. The van der Waals surface area contributed by atoms with E-state index in [9.17, 15) is 0 Å². The van der Waals surface area contributed by atoms with Crippen LogP contribution in [-0.2, 0) is 13.2 Å². The van der Waals surface area contributed by atoms with Gasteiger partial charge in [0.2, 0.25) is 5.13 Å². The Bertz CT molecular complexity index is 824. The van der Waals surface area contributed by atoms with Crippen LogP contribution in [0.15, 0.2) is 30.9 Å². The van der Waals surface area contributed by atoms with Crippen LogP contribution in [0.5, 0.6) is 5.75 Å². The van der Waals surface area contributed by atoms with E-state index < -0.39 is 0 Å². The Morgan fingerprint density at radius 1 is 1.33 bits per heavy atom. The maximum absolute atomic E-state index is 5.53. The molecule has 1 aliphatic rings. The average molecular weight is 408 g/mol. The van der Waals surface area contributed by atoms with E-state index in [2.05, 4.69) is 42.1 Å². The maximum Gasteiger partial charge on any atom is 0.205 e. The van der Waals surface area contributed by atoms with E-state index >= 15 is 0 Å². The van der Waals surface area contributed by atoms with E-state index in [-0.39, 0.29) is 0 Å². The molecule has 3 N–H and O–H groups in total. The number of hydrogen-bond acceptors (Lipinski definition) is 5. The van der Waals surface area contributed by atoms with Crippen molar-refractivity contribution in [1.82, 2.24) is 9.78 Å². The van der Waals surface area contributed by atoms with E-state index in [1.54, 1.807) is 12.0 Å². The molecular formula is C19H29N5OS2+2. The van der Waals surface area contributed by atoms with E-state index in [4.69, 9.17) is 17.0 Å². The molecule has 0 spiro atoms. The van der Waals surface area contributed by atoms with Crippen LogP contribution < -0.4 is 19.9 Å². The maximum atomic E-state index is 5.53. The number of nitrogens with zero attached hydrogens (tertiary/aromatic N) is 2. The first-order valence-corrected chi connectivity index (χ1v) is 10.5. The van der Waals surface area contributed by atoms with E-state index in [1.807, 2.05) is 10.8 Å². The van der Waals surface area contributed by atoms with Crippen molar-refractivity contribution in [2.45, 2.75) is 20.1 Å². The van der Waals surface area contributed by atoms with Crippen LogP contribution in [0.25, 0.3) is 0 Å². The molecule has 1 aromatic carbocycles. The predicted octanol–water partition coefficient (Wildman–Crippen LogP) is 0.530. The van der Waals surface area contributed by atoms with Gasteiger partial charge in [0.1, 0.15) is 38.5 Å². The van der Waals surface area contributed by atoms with Gasteiger partial charge in [-0.3, -0.25) is 0 Å². The first-order valence-electron chi connectivity index (χ1n) is 9.32. The van der Waals surface area contributed by atoms with Crippen molar-refractivity contribution < 1.29 is 14.5 Å². The van der Waals surface area contributed by atoms with E-state index in [0.29, 0.717) is 6.54 Å². The molecule has 1 aromatic heterocycles. The first kappa shape index (κ1) is 20.0. The van der Waals surface area contributed by atoms with E-state index in [0.717, 1.165) is 54.2 Å². The summed E-state index contributed by atoms with van der Waals surface area (Å²) in [6, 6.07) is 6.43. The number of rotatable bonds is 8. The summed E-state index contributed by atoms with van der Waals surface area (Å²) in [5.41, 5.74) is 2.59. The van der Waals surface area contributed by atoms with Crippen LogP contribution in [0.1, 0.15) is 11.1 Å². The van der Waals surface area contributed by atoms with Crippen molar-refractivity contribution >= 4 is 28.7 Å². The summed E-state index contributed by atoms with van der Waals surface area (Å²) in [7, 11) is 1.75. The Hall–Kier alpha value is -1.74. The zero-order chi connectivity index (χ0) is 19.2. The average Bonchev–Trinajstić information content (AvgIpc) is 3.01. The second-order valence-electron chi connectivity index (χ2n) is 6.99. The number of methoxy groups -OCH3 is 1. The minimum Gasteiger partial charge on any atom is -0.496 e. The van der Waals surface area contributed by atoms with Gasteiger partial charge in [-0.2, -0.15) is 4.68 Å². The third-order valence-electron chi connectivity index (χ3n) is 4.92. The molecule has 1 fully saturated rings. The Labute approximate surface area is 170 Å². The quantitative estimate of drug-likeness (QED) is 0.441. The molecule has 1 aliphatic heterocycles. The van der Waals surface area contributed by atoms with Crippen LogP contribution in [0.2, 0.25) is 0 Å². The summed E-state index contributed by atoms with van der Waals surface area (Å²) in [5.74, 6) is 0.996. The lowest BCUT2D eigenvalue weighted by molar-refractivity contribution is -1.03. The minimum absolute atomic E-state index is 0.708. The van der Waals surface area contributed by atoms with E-state index in [1.165, 1.54) is 27.4 Å². The molecule has 2 aromatic rings. The lowest BCUT2D eigenvalue weighted by atomic mass is 10.1. The lowest BCUT2D eigenvalue weighted by Crippen LogP contribution is -3.27. The van der Waals surface area contributed by atoms with Gasteiger partial charge < -0.3 is 19.9 Å². The van der Waals surface area contributed by atoms with Crippen molar-refractivity contribution in [3.63, 3.8) is 0 Å². The van der Waals surface area contributed by atoms with Crippen LogP contribution in [0.4, 0.5) is 5.13 Å². The van der Waals surface area contributed by atoms with Gasteiger partial charge in [-0.25, -0.2) is 0 Å². The van der Waals surface area contributed by atoms with Crippen LogP contribution in [0.3, 0.4) is 0 Å². The number of nitrogens with one attached hydrogen (secondary N) is 3. The zero-order valence-corrected chi connectivity index (χ0v) is 17.7. The summed E-state index contributed by atoms with van der Waals surface area (Å²) >= 11 is 6.99. The fraction of sp³-hybridized carbons (Fsp3) is 0.474. The molecule has 6 nitrogen and oxygen atoms in total. The highest BCUT2D eigenvalue weighted by Crippen LogP contribution is 2.18. The summed E-state index contributed by atoms with van der Waals surface area (Å²) in [6.45, 7) is 13.0. The van der Waals surface area contributed by atoms with Gasteiger partial charge in [-0.1, -0.05) is 29.0 Å². The molecular weight excluding hydrogens is 378 g/mol. The number of aromatic nitrogens is 2. The summed E-state index contributed by atoms with van der Waals surface area (Å²) in [4.78, 5) is 3.14. The van der Waals surface area contributed by atoms with Gasteiger partial charge in [-0.05, 0) is 31.3 Å². The number of aryl methyl sites for hydroxylation is 1. The number of piperazine rings is 1. The number of anilines is 1. The molecule has 0 unspecified atom stereocenters. The van der Waals surface area contributed by atoms with Crippen LogP contribution in [0, 0.1) is 10.9 Å². The third kappa shape index (κ3) is 5.38. The molecule has 0 saturated carbocycles. The first-order chi connectivity index (χ1) is 13.1. The van der Waals surface area contributed by atoms with Crippen molar-refractivity contribution in [3.05, 3.63) is 45.9 Å². The SMILES string of the molecule is C=CCNc1nn(C[NH+]2CC[NH+](Cc3cc(C)ccc3OC)CC2)c(=S)s1. The monoisotopic (exact) mass is 407 g/mol. The van der Waals surface area contributed by atoms with Gasteiger partial charge >= 0.3 is 0 Å². The molecule has 3 rings (SSSR count). The van der Waals surface area contributed by atoms with Crippen LogP contribution >= 0.6 is 23.6 Å². The van der Waals surface area contributed by atoms with Crippen molar-refractivity contribution in [2.24, 2.45) is 0 Å². The molecule has 2 heterocycles. The third-order valence-corrected chi connectivity index (χ3v) is 6.18. The number of ether oxygens (including phenoxy) is 1. The van der Waals surface area contributed by atoms with Gasteiger partial charge in [0.15, 0.2) is 10.6 Å². The fourth-order valence-corrected chi connectivity index (χ4v) is 4.47. The van der Waals surface area contributed by atoms with Crippen molar-refractivity contribution in [1.29, 1.82) is 0 Å². The van der Waals surface area contributed by atoms with Crippen LogP contribution in [-0.4, -0.2) is 49.6 Å². The zero-order valence-electron chi connectivity index (χ0n) is 16.1. The minimum atomic E-state index is 0.708. The largest absolute Gasteiger partial charge is 0.496 e. The second-order valence-corrected chi connectivity index (χ2v) is 8.62. The Morgan fingerprint density at radius 3 is 2.78 bits per heavy atom. The van der Waals surface area contributed by atoms with Gasteiger partial charge in [0.25, 0.3) is 0 Å². The number of hydrogen-bond donors (Lipinski definition) is 3. The predicted molar refractivity (Wildman–Crippen MR) is 112 cm³/mol. The Balaban J connectivity index is 1.53. The Kier molecular flexibility index (Phi) is 7.01. The highest BCUT2D eigenvalue weighted by Gasteiger charge is 2.24. The highest BCUT2D eigenvalue weighted by molar-refractivity contribution is 7.73. The van der Waals surface area contributed by atoms with Gasteiger partial charge in [-0.15, -0.1) is 11.7 Å². The summed E-state index contributed by atoms with van der Waals surface area (Å²) in [5, 5.41) is 8.68. The fourth-order valence-electron chi connectivity index (χ4n) is 3.46. The number of quaternary nitrogens is 2. The molecule has 0 atom stereocenters. The standard InChI is InChI=1S/C19H27N5OS2/c1-4-7-20-18-21-24(19(26)27-18)14-23-10-8-22(9-11-23)13-16-12-15(2)5-6-17(16)25-3/h4-6,12H,1,7-11,13-14H2,2-3H3,(H,20,21)/p+2. The molecule has 0 aliphatic carbocycles. The molecule has 27 heavy (non-hydrogen) atoms. The topological polar surface area (TPSA) is 48.0 Å². The number of benzene rings is 1. The lowest BCUT2D eigenvalue weighted by Gasteiger charge is -2.29. The normalized spacial score (nSPS) is 19.6. The molecule has 146 valence electrons. The summed E-state index contributed by atoms with van der Waals surface area (Å²) in [6.07, 6.45) is 1.82. The molecule has 0 radical (unpaired) electrons. The second kappa shape index (κ2) is 9.45. The summed E-state index contributed by atoms with van der Waals surface area (Å²) < 4.78 is 8.31. The van der Waals surface area contributed by atoms with Gasteiger partial charge in [0.05, 0.1) is 7.11 Å². The molecule has 1 saturated heterocycles. The molecule has 0 amide bonds. The molecule has 8 heteroatoms. The smallest absolute Gasteiger partial charge is 0.205 e. The van der Waals surface area contributed by atoms with Gasteiger partial charge in [0, 0.05) is 12.1 Å². The van der Waals surface area contributed by atoms with Crippen molar-refractivity contribution in [3.8, 4) is 5.75 Å². The Morgan fingerprint density at radius 2 is 2.07 bits per heavy atom.